The van der Waals surface area contributed by atoms with Gasteiger partial charge < -0.3 is 15.1 Å². The van der Waals surface area contributed by atoms with E-state index in [4.69, 9.17) is 0 Å². The summed E-state index contributed by atoms with van der Waals surface area (Å²) in [5, 5.41) is 19.9. The summed E-state index contributed by atoms with van der Waals surface area (Å²) in [4.78, 5) is 4.81. The van der Waals surface area contributed by atoms with Crippen molar-refractivity contribution in [1.82, 2.24) is 9.80 Å². The van der Waals surface area contributed by atoms with E-state index in [0.29, 0.717) is 0 Å². The van der Waals surface area contributed by atoms with Crippen molar-refractivity contribution in [2.45, 2.75) is 45.9 Å². The van der Waals surface area contributed by atoms with Gasteiger partial charge >= 0.3 is 0 Å². The molecule has 0 radical (unpaired) electrons. The van der Waals surface area contributed by atoms with Gasteiger partial charge in [0.2, 0.25) is 0 Å². The summed E-state index contributed by atoms with van der Waals surface area (Å²) in [5.74, 6) is 0. The Morgan fingerprint density at radius 3 is 2.07 bits per heavy atom. The van der Waals surface area contributed by atoms with Crippen LogP contribution in [0.25, 0.3) is 11.1 Å². The monoisotopic (exact) mass is 382 g/mol. The summed E-state index contributed by atoms with van der Waals surface area (Å²) in [6.07, 6.45) is 0. The van der Waals surface area contributed by atoms with Crippen LogP contribution in [0.4, 0.5) is 0 Å². The first kappa shape index (κ1) is 21.0. The van der Waals surface area contributed by atoms with E-state index < -0.39 is 0 Å². The Kier molecular flexibility index (Phi) is 6.56. The van der Waals surface area contributed by atoms with E-state index in [-0.39, 0.29) is 18.6 Å². The number of nitrogens with zero attached hydrogens (tertiary/aromatic N) is 2. The highest BCUT2D eigenvalue weighted by Crippen LogP contribution is 2.31. The van der Waals surface area contributed by atoms with Crippen molar-refractivity contribution < 1.29 is 10.2 Å². The lowest BCUT2D eigenvalue weighted by Crippen LogP contribution is -2.43. The third-order valence-electron chi connectivity index (χ3n) is 5.79. The summed E-state index contributed by atoms with van der Waals surface area (Å²) in [7, 11) is 2.16. The van der Waals surface area contributed by atoms with Crippen LogP contribution in [0.1, 0.15) is 43.0 Å². The van der Waals surface area contributed by atoms with Crippen molar-refractivity contribution in [2.24, 2.45) is 0 Å². The molecule has 0 aliphatic carbocycles. The smallest absolute Gasteiger partial charge is 0.0691 e. The van der Waals surface area contributed by atoms with E-state index in [2.05, 4.69) is 74.0 Å². The minimum atomic E-state index is -0.0684. The van der Waals surface area contributed by atoms with E-state index >= 15 is 0 Å². The zero-order valence-corrected chi connectivity index (χ0v) is 17.7. The molecule has 0 saturated carbocycles. The molecule has 152 valence electrons. The molecule has 0 bridgehead atoms. The van der Waals surface area contributed by atoms with Gasteiger partial charge in [0.05, 0.1) is 13.2 Å². The predicted molar refractivity (Wildman–Crippen MR) is 115 cm³/mol. The molecule has 4 nitrogen and oxygen atoms in total. The number of piperazine rings is 1. The Bertz CT molecular complexity index is 785. The molecule has 4 heteroatoms. The normalized spacial score (nSPS) is 16.5. The van der Waals surface area contributed by atoms with Crippen molar-refractivity contribution in [1.29, 1.82) is 0 Å². The van der Waals surface area contributed by atoms with Crippen LogP contribution >= 0.6 is 0 Å². The average molecular weight is 383 g/mol. The van der Waals surface area contributed by atoms with Crippen LogP contribution in [0.15, 0.2) is 36.4 Å². The molecule has 1 aliphatic rings. The van der Waals surface area contributed by atoms with Gasteiger partial charge in [-0.3, -0.25) is 4.90 Å². The number of aliphatic hydroxyl groups excluding tert-OH is 2. The number of hydrogen-bond acceptors (Lipinski definition) is 4. The van der Waals surface area contributed by atoms with Gasteiger partial charge in [-0.25, -0.2) is 0 Å². The summed E-state index contributed by atoms with van der Waals surface area (Å²) >= 11 is 0. The minimum absolute atomic E-state index is 0.0560. The average Bonchev–Trinajstić information content (AvgIpc) is 2.68. The van der Waals surface area contributed by atoms with Crippen molar-refractivity contribution in [3.8, 4) is 11.1 Å². The maximum atomic E-state index is 9.99. The molecule has 2 aromatic rings. The largest absolute Gasteiger partial charge is 0.392 e. The zero-order chi connectivity index (χ0) is 20.3. The fraction of sp³-hybridized carbons (Fsp3) is 0.500. The first-order valence-electron chi connectivity index (χ1n) is 10.2. The van der Waals surface area contributed by atoms with E-state index in [1.165, 1.54) is 11.1 Å². The van der Waals surface area contributed by atoms with Gasteiger partial charge in [0.15, 0.2) is 0 Å². The topological polar surface area (TPSA) is 46.9 Å². The number of rotatable bonds is 5. The molecule has 3 rings (SSSR count). The molecule has 0 unspecified atom stereocenters. The van der Waals surface area contributed by atoms with E-state index in [1.807, 2.05) is 0 Å². The van der Waals surface area contributed by atoms with Gasteiger partial charge in [-0.05, 0) is 51.9 Å². The quantitative estimate of drug-likeness (QED) is 0.832. The second-order valence-electron chi connectivity index (χ2n) is 9.00. The molecule has 1 aliphatic heterocycles. The molecule has 1 heterocycles. The fourth-order valence-corrected chi connectivity index (χ4v) is 3.89. The molecule has 2 N–H and O–H groups in total. The van der Waals surface area contributed by atoms with Gasteiger partial charge in [-0.15, -0.1) is 0 Å². The molecule has 0 aromatic heterocycles. The van der Waals surface area contributed by atoms with Crippen molar-refractivity contribution >= 4 is 0 Å². The van der Waals surface area contributed by atoms with Crippen LogP contribution in [0.3, 0.4) is 0 Å². The van der Waals surface area contributed by atoms with Crippen LogP contribution in [0.2, 0.25) is 0 Å². The fourth-order valence-electron chi connectivity index (χ4n) is 3.89. The third kappa shape index (κ3) is 4.81. The summed E-state index contributed by atoms with van der Waals surface area (Å²) in [6, 6.07) is 12.8. The molecular weight excluding hydrogens is 348 g/mol. The Labute approximate surface area is 169 Å². The SMILES string of the molecule is CN1CCN(Cc2cc(CO)c(CO)c(-c3ccc(C(C)(C)C)cc3)c2)CC1. The molecule has 1 saturated heterocycles. The molecule has 1 fully saturated rings. The molecular formula is C24H34N2O2. The lowest BCUT2D eigenvalue weighted by atomic mass is 9.85. The summed E-state index contributed by atoms with van der Waals surface area (Å²) < 4.78 is 0. The maximum Gasteiger partial charge on any atom is 0.0691 e. The predicted octanol–water partition coefficient (Wildman–Crippen LogP) is 3.38. The lowest BCUT2D eigenvalue weighted by Gasteiger charge is -2.32. The number of aliphatic hydroxyl groups is 2. The van der Waals surface area contributed by atoms with Gasteiger partial charge in [0, 0.05) is 32.7 Å². The Balaban J connectivity index is 1.94. The van der Waals surface area contributed by atoms with Crippen LogP contribution in [0, 0.1) is 0 Å². The highest BCUT2D eigenvalue weighted by molar-refractivity contribution is 5.70. The summed E-state index contributed by atoms with van der Waals surface area (Å²) in [6.45, 7) is 11.7. The van der Waals surface area contributed by atoms with E-state index in [0.717, 1.165) is 55.0 Å². The standard InChI is InChI=1S/C24H34N2O2/c1-24(2,3)21-7-5-19(6-8-21)22-14-18(13-20(16-27)23(22)17-28)15-26-11-9-25(4)10-12-26/h5-8,13-14,27-28H,9-12,15-17H2,1-4H3. The summed E-state index contributed by atoms with van der Waals surface area (Å²) in [5.41, 5.74) is 6.36. The van der Waals surface area contributed by atoms with Crippen LogP contribution in [0.5, 0.6) is 0 Å². The number of benzene rings is 2. The Hall–Kier alpha value is -1.72. The molecule has 2 aromatic carbocycles. The second-order valence-corrected chi connectivity index (χ2v) is 9.00. The van der Waals surface area contributed by atoms with Crippen LogP contribution < -0.4 is 0 Å². The lowest BCUT2D eigenvalue weighted by molar-refractivity contribution is 0.148. The highest BCUT2D eigenvalue weighted by atomic mass is 16.3. The van der Waals surface area contributed by atoms with Crippen LogP contribution in [-0.2, 0) is 25.2 Å². The van der Waals surface area contributed by atoms with E-state index in [9.17, 15) is 10.2 Å². The minimum Gasteiger partial charge on any atom is -0.392 e. The zero-order valence-electron chi connectivity index (χ0n) is 17.7. The maximum absolute atomic E-state index is 9.99. The van der Waals surface area contributed by atoms with Crippen molar-refractivity contribution in [2.75, 3.05) is 33.2 Å². The molecule has 28 heavy (non-hydrogen) atoms. The number of hydrogen-bond donors (Lipinski definition) is 2. The van der Waals surface area contributed by atoms with Crippen LogP contribution in [-0.4, -0.2) is 53.2 Å². The first-order valence-corrected chi connectivity index (χ1v) is 10.2. The van der Waals surface area contributed by atoms with Gasteiger partial charge in [-0.2, -0.15) is 0 Å². The van der Waals surface area contributed by atoms with Gasteiger partial charge in [0.1, 0.15) is 0 Å². The van der Waals surface area contributed by atoms with Crippen molar-refractivity contribution in [3.63, 3.8) is 0 Å². The molecule has 0 atom stereocenters. The van der Waals surface area contributed by atoms with Crippen molar-refractivity contribution in [3.05, 3.63) is 58.7 Å². The first-order chi connectivity index (χ1) is 13.3. The molecule has 0 amide bonds. The Morgan fingerprint density at radius 2 is 1.54 bits per heavy atom. The van der Waals surface area contributed by atoms with Gasteiger partial charge in [-0.1, -0.05) is 51.1 Å². The van der Waals surface area contributed by atoms with E-state index in [1.54, 1.807) is 0 Å². The number of likely N-dealkylation sites (N-methyl/N-ethyl adjacent to an activating group) is 1. The second kappa shape index (κ2) is 8.75. The Morgan fingerprint density at radius 1 is 0.893 bits per heavy atom. The third-order valence-corrected chi connectivity index (χ3v) is 5.79. The highest BCUT2D eigenvalue weighted by Gasteiger charge is 2.18. The molecule has 0 spiro atoms. The van der Waals surface area contributed by atoms with Gasteiger partial charge in [0.25, 0.3) is 0 Å².